The maximum atomic E-state index is 12.7. The monoisotopic (exact) mass is 452 g/mol. The molecule has 7 heteroatoms. The SMILES string of the molecule is Cc1oc(-c2ccco2)nc1CC(=O)NCc1ccccc1-c1ccc(Cn2ccnc2)cc1. The fourth-order valence-electron chi connectivity index (χ4n) is 3.84. The Hall–Kier alpha value is -4.39. The zero-order valence-corrected chi connectivity index (χ0v) is 18.8. The first-order valence-electron chi connectivity index (χ1n) is 11.1. The van der Waals surface area contributed by atoms with Gasteiger partial charge in [-0.1, -0.05) is 48.5 Å². The zero-order chi connectivity index (χ0) is 23.3. The van der Waals surface area contributed by atoms with Crippen molar-refractivity contribution in [1.82, 2.24) is 19.9 Å². The van der Waals surface area contributed by atoms with Gasteiger partial charge in [0.25, 0.3) is 5.89 Å². The largest absolute Gasteiger partial charge is 0.459 e. The molecule has 0 unspecified atom stereocenters. The van der Waals surface area contributed by atoms with Gasteiger partial charge < -0.3 is 18.7 Å². The van der Waals surface area contributed by atoms with E-state index in [1.165, 1.54) is 5.56 Å². The molecule has 3 heterocycles. The maximum absolute atomic E-state index is 12.7. The number of aryl methyl sites for hydroxylation is 1. The fraction of sp³-hybridized carbons (Fsp3) is 0.148. The zero-order valence-electron chi connectivity index (χ0n) is 18.8. The first-order chi connectivity index (χ1) is 16.7. The minimum absolute atomic E-state index is 0.118. The number of imidazole rings is 1. The minimum atomic E-state index is -0.118. The number of carbonyl (C=O) groups excluding carboxylic acids is 1. The highest BCUT2D eigenvalue weighted by atomic mass is 16.4. The number of oxazole rings is 1. The Labute approximate surface area is 197 Å². The fourth-order valence-corrected chi connectivity index (χ4v) is 3.84. The molecule has 1 amide bonds. The van der Waals surface area contributed by atoms with Gasteiger partial charge in [0, 0.05) is 25.5 Å². The van der Waals surface area contributed by atoms with E-state index >= 15 is 0 Å². The summed E-state index contributed by atoms with van der Waals surface area (Å²) in [7, 11) is 0. The molecule has 170 valence electrons. The number of hydrogen-bond donors (Lipinski definition) is 1. The first kappa shape index (κ1) is 21.5. The van der Waals surface area contributed by atoms with Crippen LogP contribution < -0.4 is 5.32 Å². The number of hydrogen-bond acceptors (Lipinski definition) is 5. The first-order valence-corrected chi connectivity index (χ1v) is 11.1. The van der Waals surface area contributed by atoms with Crippen LogP contribution in [0.3, 0.4) is 0 Å². The van der Waals surface area contributed by atoms with E-state index < -0.39 is 0 Å². The van der Waals surface area contributed by atoms with Crippen LogP contribution in [-0.4, -0.2) is 20.4 Å². The molecular formula is C27H24N4O3. The molecule has 5 aromatic rings. The standard InChI is InChI=1S/C27H24N4O3/c1-19-24(30-27(34-19)25-7-4-14-33-25)15-26(32)29-16-22-5-2-3-6-23(22)21-10-8-20(9-11-21)17-31-13-12-28-18-31/h2-14,18H,15-17H2,1H3,(H,29,32). The van der Waals surface area contributed by atoms with Gasteiger partial charge in [-0.3, -0.25) is 4.79 Å². The average molecular weight is 453 g/mol. The van der Waals surface area contributed by atoms with Crippen molar-refractivity contribution in [2.24, 2.45) is 0 Å². The van der Waals surface area contributed by atoms with E-state index in [0.717, 1.165) is 23.2 Å². The Morgan fingerprint density at radius 3 is 2.68 bits per heavy atom. The maximum Gasteiger partial charge on any atom is 0.263 e. The Balaban J connectivity index is 1.24. The molecule has 0 saturated heterocycles. The number of nitrogens with zero attached hydrogens (tertiary/aromatic N) is 3. The number of nitrogens with one attached hydrogen (secondary N) is 1. The Bertz CT molecular complexity index is 1370. The summed E-state index contributed by atoms with van der Waals surface area (Å²) >= 11 is 0. The van der Waals surface area contributed by atoms with Crippen LogP contribution in [0, 0.1) is 6.92 Å². The third-order valence-electron chi connectivity index (χ3n) is 5.64. The van der Waals surface area contributed by atoms with E-state index in [1.807, 2.05) is 35.3 Å². The van der Waals surface area contributed by atoms with E-state index in [4.69, 9.17) is 8.83 Å². The second-order valence-corrected chi connectivity index (χ2v) is 8.04. The van der Waals surface area contributed by atoms with Crippen molar-refractivity contribution in [1.29, 1.82) is 0 Å². The molecule has 1 N–H and O–H groups in total. The van der Waals surface area contributed by atoms with Gasteiger partial charge >= 0.3 is 0 Å². The molecule has 5 rings (SSSR count). The van der Waals surface area contributed by atoms with Crippen LogP contribution in [0.2, 0.25) is 0 Å². The number of benzene rings is 2. The molecule has 0 aliphatic rings. The summed E-state index contributed by atoms with van der Waals surface area (Å²) in [6, 6.07) is 20.1. The summed E-state index contributed by atoms with van der Waals surface area (Å²) in [5.74, 6) is 1.41. The predicted octanol–water partition coefficient (Wildman–Crippen LogP) is 5.01. The van der Waals surface area contributed by atoms with Crippen molar-refractivity contribution in [2.75, 3.05) is 0 Å². The summed E-state index contributed by atoms with van der Waals surface area (Å²) in [6.45, 7) is 3.00. The summed E-state index contributed by atoms with van der Waals surface area (Å²) in [4.78, 5) is 21.2. The topological polar surface area (TPSA) is 86.1 Å². The quantitative estimate of drug-likeness (QED) is 0.358. The highest BCUT2D eigenvalue weighted by Crippen LogP contribution is 2.25. The van der Waals surface area contributed by atoms with Crippen molar-refractivity contribution in [3.05, 3.63) is 108 Å². The number of aromatic nitrogens is 3. The minimum Gasteiger partial charge on any atom is -0.459 e. The van der Waals surface area contributed by atoms with Gasteiger partial charge in [0.1, 0.15) is 5.76 Å². The second kappa shape index (κ2) is 9.62. The van der Waals surface area contributed by atoms with Crippen LogP contribution in [0.15, 0.2) is 94.5 Å². The highest BCUT2D eigenvalue weighted by molar-refractivity contribution is 5.79. The molecule has 0 saturated carbocycles. The van der Waals surface area contributed by atoms with E-state index in [2.05, 4.69) is 45.6 Å². The summed E-state index contributed by atoms with van der Waals surface area (Å²) in [5.41, 5.74) is 5.05. The number of carbonyl (C=O) groups is 1. The summed E-state index contributed by atoms with van der Waals surface area (Å²) < 4.78 is 13.0. The third kappa shape index (κ3) is 4.83. The van der Waals surface area contributed by atoms with Crippen LogP contribution in [0.25, 0.3) is 22.8 Å². The van der Waals surface area contributed by atoms with Gasteiger partial charge in [0.15, 0.2) is 5.76 Å². The molecule has 0 atom stereocenters. The third-order valence-corrected chi connectivity index (χ3v) is 5.64. The molecule has 34 heavy (non-hydrogen) atoms. The lowest BCUT2D eigenvalue weighted by Crippen LogP contribution is -2.25. The number of furan rings is 1. The molecule has 0 fully saturated rings. The molecule has 3 aromatic heterocycles. The molecule has 0 radical (unpaired) electrons. The lowest BCUT2D eigenvalue weighted by atomic mass is 9.98. The second-order valence-electron chi connectivity index (χ2n) is 8.04. The lowest BCUT2D eigenvalue weighted by Gasteiger charge is -2.12. The van der Waals surface area contributed by atoms with E-state index in [1.54, 1.807) is 31.5 Å². The van der Waals surface area contributed by atoms with E-state index in [9.17, 15) is 4.79 Å². The Morgan fingerprint density at radius 1 is 1.06 bits per heavy atom. The van der Waals surface area contributed by atoms with Crippen LogP contribution >= 0.6 is 0 Å². The normalized spacial score (nSPS) is 11.0. The molecule has 7 nitrogen and oxygen atoms in total. The van der Waals surface area contributed by atoms with Crippen molar-refractivity contribution < 1.29 is 13.6 Å². The summed E-state index contributed by atoms with van der Waals surface area (Å²) in [6.07, 6.45) is 7.24. The molecular weight excluding hydrogens is 428 g/mol. The summed E-state index contributed by atoms with van der Waals surface area (Å²) in [5, 5.41) is 3.02. The lowest BCUT2D eigenvalue weighted by molar-refractivity contribution is -0.120. The number of amides is 1. The van der Waals surface area contributed by atoms with Gasteiger partial charge in [-0.2, -0.15) is 0 Å². The molecule has 0 aliphatic carbocycles. The van der Waals surface area contributed by atoms with Gasteiger partial charge in [-0.05, 0) is 41.3 Å². The van der Waals surface area contributed by atoms with Crippen molar-refractivity contribution in [3.8, 4) is 22.8 Å². The molecule has 0 bridgehead atoms. The smallest absolute Gasteiger partial charge is 0.263 e. The van der Waals surface area contributed by atoms with Crippen LogP contribution in [0.1, 0.15) is 22.6 Å². The molecule has 0 aliphatic heterocycles. The van der Waals surface area contributed by atoms with Gasteiger partial charge in [-0.25, -0.2) is 9.97 Å². The van der Waals surface area contributed by atoms with Crippen LogP contribution in [-0.2, 0) is 24.3 Å². The van der Waals surface area contributed by atoms with Crippen molar-refractivity contribution >= 4 is 5.91 Å². The molecule has 0 spiro atoms. The van der Waals surface area contributed by atoms with Gasteiger partial charge in [-0.15, -0.1) is 0 Å². The highest BCUT2D eigenvalue weighted by Gasteiger charge is 2.16. The van der Waals surface area contributed by atoms with E-state index in [-0.39, 0.29) is 12.3 Å². The van der Waals surface area contributed by atoms with Gasteiger partial charge in [0.05, 0.1) is 24.7 Å². The van der Waals surface area contributed by atoms with Gasteiger partial charge in [0.2, 0.25) is 5.91 Å². The Kier molecular flexibility index (Phi) is 6.07. The van der Waals surface area contributed by atoms with Crippen molar-refractivity contribution in [3.63, 3.8) is 0 Å². The Morgan fingerprint density at radius 2 is 1.91 bits per heavy atom. The van der Waals surface area contributed by atoms with Crippen LogP contribution in [0.5, 0.6) is 0 Å². The van der Waals surface area contributed by atoms with Crippen molar-refractivity contribution in [2.45, 2.75) is 26.4 Å². The van der Waals surface area contributed by atoms with Crippen LogP contribution in [0.4, 0.5) is 0 Å². The number of rotatable bonds is 8. The van der Waals surface area contributed by atoms with E-state index in [0.29, 0.717) is 29.6 Å². The predicted molar refractivity (Wildman–Crippen MR) is 128 cm³/mol. The molecule has 2 aromatic carbocycles. The average Bonchev–Trinajstić information content (AvgIpc) is 3.62.